The molecule has 0 aliphatic carbocycles. The third-order valence-electron chi connectivity index (χ3n) is 5.67. The van der Waals surface area contributed by atoms with Crippen molar-refractivity contribution in [3.05, 3.63) is 53.5 Å². The summed E-state index contributed by atoms with van der Waals surface area (Å²) in [6.07, 6.45) is 1.97. The fourth-order valence-electron chi connectivity index (χ4n) is 4.06. The molecule has 1 saturated heterocycles. The number of methoxy groups -OCH3 is 1. The van der Waals surface area contributed by atoms with Gasteiger partial charge >= 0.3 is 0 Å². The highest BCUT2D eigenvalue weighted by atomic mass is 32.1. The Morgan fingerprint density at radius 1 is 1.39 bits per heavy atom. The summed E-state index contributed by atoms with van der Waals surface area (Å²) in [6, 6.07) is 8.65. The van der Waals surface area contributed by atoms with E-state index in [0.29, 0.717) is 40.5 Å². The largest absolute Gasteiger partial charge is 0.496 e. The number of benzene rings is 2. The highest BCUT2D eigenvalue weighted by Gasteiger charge is 2.24. The van der Waals surface area contributed by atoms with Gasteiger partial charge in [-0.25, -0.2) is 9.37 Å². The fourth-order valence-corrected chi connectivity index (χ4v) is 5.09. The molecule has 31 heavy (non-hydrogen) atoms. The number of carbonyl (C=O) groups is 1. The summed E-state index contributed by atoms with van der Waals surface area (Å²) in [5.74, 6) is -0.115. The summed E-state index contributed by atoms with van der Waals surface area (Å²) in [5.41, 5.74) is 3.06. The standard InChI is InChI=1S/C22H21FN4O3S/c1-24-21(29)14-7-20-18(8-19(14)30-2)27-10-17(26-22(27)31-20)13-4-3-11(5-15(13)23)16-6-12(28)9-25-16/h3-5,7-8,10,12,16,25,28H,6,9H2,1-2H3,(H,24,29). The van der Waals surface area contributed by atoms with Gasteiger partial charge < -0.3 is 20.5 Å². The number of carbonyl (C=O) groups excluding carboxylic acids is 1. The Morgan fingerprint density at radius 2 is 2.23 bits per heavy atom. The highest BCUT2D eigenvalue weighted by Crippen LogP contribution is 2.35. The molecule has 1 aliphatic rings. The van der Waals surface area contributed by atoms with Crippen molar-refractivity contribution in [2.45, 2.75) is 18.6 Å². The molecule has 3 N–H and O–H groups in total. The highest BCUT2D eigenvalue weighted by molar-refractivity contribution is 7.23. The van der Waals surface area contributed by atoms with Gasteiger partial charge in [0, 0.05) is 37.5 Å². The Labute approximate surface area is 181 Å². The van der Waals surface area contributed by atoms with E-state index < -0.39 is 6.10 Å². The zero-order valence-corrected chi connectivity index (χ0v) is 17.8. The molecular formula is C22H21FN4O3S. The molecule has 0 radical (unpaired) electrons. The lowest BCUT2D eigenvalue weighted by Gasteiger charge is -2.11. The molecule has 0 bridgehead atoms. The molecule has 2 aromatic carbocycles. The molecular weight excluding hydrogens is 419 g/mol. The van der Waals surface area contributed by atoms with Gasteiger partial charge in [-0.3, -0.25) is 9.20 Å². The van der Waals surface area contributed by atoms with Gasteiger partial charge in [-0.2, -0.15) is 0 Å². The predicted molar refractivity (Wildman–Crippen MR) is 117 cm³/mol. The zero-order chi connectivity index (χ0) is 21.7. The minimum atomic E-state index is -0.401. The van der Waals surface area contributed by atoms with Gasteiger partial charge in [0.05, 0.1) is 34.7 Å². The van der Waals surface area contributed by atoms with Crippen LogP contribution in [0.4, 0.5) is 4.39 Å². The van der Waals surface area contributed by atoms with E-state index >= 15 is 0 Å². The van der Waals surface area contributed by atoms with E-state index in [-0.39, 0.29) is 17.8 Å². The van der Waals surface area contributed by atoms with Crippen LogP contribution in [0.3, 0.4) is 0 Å². The van der Waals surface area contributed by atoms with Crippen LogP contribution in [0.15, 0.2) is 36.5 Å². The van der Waals surface area contributed by atoms with Crippen molar-refractivity contribution in [1.82, 2.24) is 20.0 Å². The number of aliphatic hydroxyl groups excluding tert-OH is 1. The van der Waals surface area contributed by atoms with E-state index in [1.54, 1.807) is 31.4 Å². The first-order chi connectivity index (χ1) is 15.0. The van der Waals surface area contributed by atoms with Crippen molar-refractivity contribution in [2.75, 3.05) is 20.7 Å². The number of halogens is 1. The number of aromatic nitrogens is 2. The molecule has 2 unspecified atom stereocenters. The van der Waals surface area contributed by atoms with Crippen LogP contribution in [0.5, 0.6) is 5.75 Å². The molecule has 1 fully saturated rings. The average molecular weight is 441 g/mol. The summed E-state index contributed by atoms with van der Waals surface area (Å²) in [7, 11) is 3.09. The Hall–Kier alpha value is -3.01. The van der Waals surface area contributed by atoms with E-state index in [9.17, 15) is 14.3 Å². The van der Waals surface area contributed by atoms with E-state index in [0.717, 1.165) is 15.8 Å². The molecule has 0 spiro atoms. The minimum Gasteiger partial charge on any atom is -0.496 e. The van der Waals surface area contributed by atoms with Gasteiger partial charge in [0.1, 0.15) is 11.6 Å². The van der Waals surface area contributed by atoms with Gasteiger partial charge in [-0.05, 0) is 30.2 Å². The quantitative estimate of drug-likeness (QED) is 0.454. The fraction of sp³-hybridized carbons (Fsp3) is 0.273. The lowest BCUT2D eigenvalue weighted by molar-refractivity contribution is 0.0960. The van der Waals surface area contributed by atoms with Gasteiger partial charge in [-0.1, -0.05) is 17.4 Å². The third-order valence-corrected chi connectivity index (χ3v) is 6.68. The van der Waals surface area contributed by atoms with E-state index in [4.69, 9.17) is 4.74 Å². The number of ether oxygens (including phenoxy) is 1. The number of imidazole rings is 1. The Bertz CT molecular complexity index is 1320. The van der Waals surface area contributed by atoms with Crippen molar-refractivity contribution >= 4 is 32.4 Å². The number of hydrogen-bond donors (Lipinski definition) is 3. The first-order valence-corrected chi connectivity index (χ1v) is 10.7. The molecule has 4 aromatic rings. The molecule has 7 nitrogen and oxygen atoms in total. The summed E-state index contributed by atoms with van der Waals surface area (Å²) >= 11 is 1.42. The van der Waals surface area contributed by atoms with Crippen LogP contribution in [0, 0.1) is 5.82 Å². The van der Waals surface area contributed by atoms with Crippen LogP contribution in [0.2, 0.25) is 0 Å². The molecule has 3 heterocycles. The molecule has 160 valence electrons. The number of amides is 1. The lowest BCUT2D eigenvalue weighted by atomic mass is 10.0. The second kappa shape index (κ2) is 7.60. The van der Waals surface area contributed by atoms with E-state index in [1.807, 2.05) is 10.5 Å². The van der Waals surface area contributed by atoms with E-state index in [2.05, 4.69) is 15.6 Å². The maximum atomic E-state index is 14.9. The summed E-state index contributed by atoms with van der Waals surface area (Å²) in [6.45, 7) is 0.517. The Morgan fingerprint density at radius 3 is 2.90 bits per heavy atom. The predicted octanol–water partition coefficient (Wildman–Crippen LogP) is 3.12. The molecule has 2 atom stereocenters. The summed E-state index contributed by atoms with van der Waals surface area (Å²) < 4.78 is 23.1. The summed E-state index contributed by atoms with van der Waals surface area (Å²) in [4.78, 5) is 17.5. The number of thiazole rings is 1. The second-order valence-corrected chi connectivity index (χ2v) is 8.58. The number of fused-ring (bicyclic) bond motifs is 3. The molecule has 5 rings (SSSR count). The second-order valence-electron chi connectivity index (χ2n) is 7.57. The smallest absolute Gasteiger partial charge is 0.254 e. The van der Waals surface area contributed by atoms with Crippen molar-refractivity contribution < 1.29 is 19.0 Å². The zero-order valence-electron chi connectivity index (χ0n) is 17.0. The van der Waals surface area contributed by atoms with E-state index in [1.165, 1.54) is 24.5 Å². The Balaban J connectivity index is 1.55. The molecule has 1 amide bonds. The first kappa shape index (κ1) is 19.9. The Kier molecular flexibility index (Phi) is 4.88. The van der Waals surface area contributed by atoms with Crippen molar-refractivity contribution in [2.24, 2.45) is 0 Å². The average Bonchev–Trinajstić information content (AvgIpc) is 3.46. The van der Waals surface area contributed by atoms with Crippen LogP contribution >= 0.6 is 11.3 Å². The van der Waals surface area contributed by atoms with Crippen molar-refractivity contribution in [1.29, 1.82) is 0 Å². The van der Waals surface area contributed by atoms with Gasteiger partial charge in [0.25, 0.3) is 5.91 Å². The monoisotopic (exact) mass is 440 g/mol. The molecule has 1 aliphatic heterocycles. The maximum absolute atomic E-state index is 14.9. The van der Waals surface area contributed by atoms with Crippen LogP contribution in [0.25, 0.3) is 26.4 Å². The minimum absolute atomic E-state index is 0.0463. The molecule has 2 aromatic heterocycles. The SMILES string of the molecule is CNC(=O)c1cc2sc3nc(-c4ccc(C5CC(O)CN5)cc4F)cn3c2cc1OC. The number of aliphatic hydroxyl groups is 1. The summed E-state index contributed by atoms with van der Waals surface area (Å²) in [5, 5.41) is 15.5. The molecule has 9 heteroatoms. The van der Waals surface area contributed by atoms with Crippen molar-refractivity contribution in [3.8, 4) is 17.0 Å². The van der Waals surface area contributed by atoms with Crippen LogP contribution in [-0.2, 0) is 0 Å². The number of nitrogens with one attached hydrogen (secondary N) is 2. The van der Waals surface area contributed by atoms with Gasteiger partial charge in [0.2, 0.25) is 0 Å². The van der Waals surface area contributed by atoms with Gasteiger partial charge in [0.15, 0.2) is 4.96 Å². The lowest BCUT2D eigenvalue weighted by Crippen LogP contribution is -2.18. The topological polar surface area (TPSA) is 87.9 Å². The third kappa shape index (κ3) is 3.34. The maximum Gasteiger partial charge on any atom is 0.254 e. The van der Waals surface area contributed by atoms with Crippen LogP contribution < -0.4 is 15.4 Å². The van der Waals surface area contributed by atoms with Crippen LogP contribution in [-0.4, -0.2) is 47.2 Å². The number of rotatable bonds is 4. The first-order valence-electron chi connectivity index (χ1n) is 9.91. The number of β-amino-alcohol motifs (C(OH)–C–C–N with tert-alkyl or cyclic N) is 1. The molecule has 0 saturated carbocycles. The van der Waals surface area contributed by atoms with Crippen LogP contribution in [0.1, 0.15) is 28.4 Å². The van der Waals surface area contributed by atoms with Crippen molar-refractivity contribution in [3.63, 3.8) is 0 Å². The number of nitrogens with zero attached hydrogens (tertiary/aromatic N) is 2. The van der Waals surface area contributed by atoms with Gasteiger partial charge in [-0.15, -0.1) is 0 Å². The normalized spacial score (nSPS) is 18.7. The number of hydrogen-bond acceptors (Lipinski definition) is 6.